The van der Waals surface area contributed by atoms with E-state index >= 15 is 0 Å². The Morgan fingerprint density at radius 3 is 2.82 bits per heavy atom. The van der Waals surface area contributed by atoms with E-state index in [1.165, 1.54) is 0 Å². The molecule has 3 aliphatic rings. The van der Waals surface area contributed by atoms with E-state index in [9.17, 15) is 14.7 Å². The Kier molecular flexibility index (Phi) is 3.08. The molecule has 1 aromatic heterocycles. The lowest BCUT2D eigenvalue weighted by Gasteiger charge is -2.21. The number of aromatic nitrogens is 1. The standard InChI is InChI=1S/C16H17BrN2O3/c17-13-4-2-9(7-18-13)19-14(20)10-5-8-1-3-11(10)16(8)6-12(16)15(21)22/h2,4,7-8,10-12H,1,3,5-6H2,(H,19,20)(H,21,22)/t8-,10-,11+,12?,16?/m1/s1. The largest absolute Gasteiger partial charge is 0.481 e. The van der Waals surface area contributed by atoms with Crippen molar-refractivity contribution in [2.24, 2.45) is 29.1 Å². The van der Waals surface area contributed by atoms with Gasteiger partial charge in [-0.2, -0.15) is 0 Å². The van der Waals surface area contributed by atoms with Crippen molar-refractivity contribution in [2.75, 3.05) is 5.32 Å². The maximum Gasteiger partial charge on any atom is 0.307 e. The van der Waals surface area contributed by atoms with E-state index in [2.05, 4.69) is 26.2 Å². The average molecular weight is 365 g/mol. The van der Waals surface area contributed by atoms with E-state index in [1.807, 2.05) is 6.07 Å². The van der Waals surface area contributed by atoms with Gasteiger partial charge in [-0.3, -0.25) is 9.59 Å². The predicted octanol–water partition coefficient (Wildman–Crippen LogP) is 2.92. The van der Waals surface area contributed by atoms with E-state index in [4.69, 9.17) is 0 Å². The summed E-state index contributed by atoms with van der Waals surface area (Å²) in [5, 5.41) is 12.3. The van der Waals surface area contributed by atoms with Crippen LogP contribution in [-0.4, -0.2) is 22.0 Å². The number of aliphatic carboxylic acids is 1. The van der Waals surface area contributed by atoms with Crippen molar-refractivity contribution in [1.82, 2.24) is 4.98 Å². The SMILES string of the molecule is O=C(O)C1CC12[C@@H]1CC[C@H]2[C@H](C(=O)Nc2ccc(Br)nc2)C1. The number of amides is 1. The topological polar surface area (TPSA) is 79.3 Å². The number of carbonyl (C=O) groups excluding carboxylic acids is 1. The molecule has 4 rings (SSSR count). The molecular formula is C16H17BrN2O3. The smallest absolute Gasteiger partial charge is 0.307 e. The first-order valence-corrected chi connectivity index (χ1v) is 8.47. The minimum absolute atomic E-state index is 0.0201. The number of pyridine rings is 1. The molecule has 1 spiro atoms. The van der Waals surface area contributed by atoms with E-state index in [1.54, 1.807) is 12.3 Å². The lowest BCUT2D eigenvalue weighted by atomic mass is 9.85. The summed E-state index contributed by atoms with van der Waals surface area (Å²) in [6.45, 7) is 0. The van der Waals surface area contributed by atoms with Crippen molar-refractivity contribution in [3.05, 3.63) is 22.9 Å². The minimum atomic E-state index is -0.685. The molecule has 1 amide bonds. The predicted molar refractivity (Wildman–Crippen MR) is 83.1 cm³/mol. The number of nitrogens with zero attached hydrogens (tertiary/aromatic N) is 1. The van der Waals surface area contributed by atoms with Crippen molar-refractivity contribution < 1.29 is 14.7 Å². The van der Waals surface area contributed by atoms with Gasteiger partial charge in [0.1, 0.15) is 4.60 Å². The Hall–Kier alpha value is -1.43. The van der Waals surface area contributed by atoms with Crippen molar-refractivity contribution in [1.29, 1.82) is 0 Å². The summed E-state index contributed by atoms with van der Waals surface area (Å²) in [5.41, 5.74) is 0.613. The first kappa shape index (κ1) is 14.2. The third-order valence-electron chi connectivity index (χ3n) is 5.98. The zero-order chi connectivity index (χ0) is 15.5. The van der Waals surface area contributed by atoms with Gasteiger partial charge in [-0.25, -0.2) is 4.98 Å². The molecule has 5 nitrogen and oxygen atoms in total. The first-order chi connectivity index (χ1) is 10.5. The zero-order valence-corrected chi connectivity index (χ0v) is 13.5. The van der Waals surface area contributed by atoms with Gasteiger partial charge in [-0.15, -0.1) is 0 Å². The van der Waals surface area contributed by atoms with Crippen LogP contribution in [0, 0.1) is 29.1 Å². The molecule has 2 N–H and O–H groups in total. The number of nitrogens with one attached hydrogen (secondary N) is 1. The number of hydrogen-bond donors (Lipinski definition) is 2. The third kappa shape index (κ3) is 1.93. The molecule has 2 unspecified atom stereocenters. The molecule has 0 aromatic carbocycles. The first-order valence-electron chi connectivity index (χ1n) is 7.67. The number of carboxylic acids is 1. The molecule has 116 valence electrons. The second kappa shape index (κ2) is 4.78. The van der Waals surface area contributed by atoms with Crippen LogP contribution in [0.1, 0.15) is 25.7 Å². The van der Waals surface area contributed by atoms with Gasteiger partial charge in [0.25, 0.3) is 0 Å². The highest BCUT2D eigenvalue weighted by atomic mass is 79.9. The lowest BCUT2D eigenvalue weighted by Crippen LogP contribution is -2.29. The molecule has 1 heterocycles. The number of halogens is 1. The zero-order valence-electron chi connectivity index (χ0n) is 12.0. The van der Waals surface area contributed by atoms with E-state index < -0.39 is 5.97 Å². The van der Waals surface area contributed by atoms with Crippen molar-refractivity contribution >= 4 is 33.5 Å². The fourth-order valence-corrected chi connectivity index (χ4v) is 5.29. The number of hydrogen-bond acceptors (Lipinski definition) is 3. The van der Waals surface area contributed by atoms with Gasteiger partial charge in [0.05, 0.1) is 17.8 Å². The molecule has 0 saturated heterocycles. The Balaban J connectivity index is 1.49. The van der Waals surface area contributed by atoms with Crippen LogP contribution in [0.5, 0.6) is 0 Å². The Morgan fingerprint density at radius 2 is 2.18 bits per heavy atom. The van der Waals surface area contributed by atoms with Crippen LogP contribution in [0.3, 0.4) is 0 Å². The number of carboxylic acid groups (broad SMARTS) is 1. The maximum absolute atomic E-state index is 12.6. The van der Waals surface area contributed by atoms with Gasteiger partial charge in [-0.05, 0) is 71.0 Å². The minimum Gasteiger partial charge on any atom is -0.481 e. The van der Waals surface area contributed by atoms with Gasteiger partial charge in [0.15, 0.2) is 0 Å². The van der Waals surface area contributed by atoms with Crippen LogP contribution < -0.4 is 5.32 Å². The van der Waals surface area contributed by atoms with Crippen LogP contribution in [0.15, 0.2) is 22.9 Å². The Labute approximate surface area is 136 Å². The van der Waals surface area contributed by atoms with Gasteiger partial charge in [0, 0.05) is 5.92 Å². The highest BCUT2D eigenvalue weighted by molar-refractivity contribution is 9.10. The van der Waals surface area contributed by atoms with Crippen LogP contribution in [-0.2, 0) is 9.59 Å². The molecule has 3 fully saturated rings. The lowest BCUT2D eigenvalue weighted by molar-refractivity contribution is -0.140. The van der Waals surface area contributed by atoms with E-state index in [-0.39, 0.29) is 29.1 Å². The fraction of sp³-hybridized carbons (Fsp3) is 0.562. The second-order valence-corrected chi connectivity index (χ2v) is 7.60. The molecular weight excluding hydrogens is 348 g/mol. The van der Waals surface area contributed by atoms with Gasteiger partial charge >= 0.3 is 5.97 Å². The Bertz CT molecular complexity index is 647. The van der Waals surface area contributed by atoms with Gasteiger partial charge in [0.2, 0.25) is 5.91 Å². The number of rotatable bonds is 3. The van der Waals surface area contributed by atoms with E-state index in [0.717, 1.165) is 30.3 Å². The summed E-state index contributed by atoms with van der Waals surface area (Å²) in [6.07, 6.45) is 5.30. The molecule has 5 atom stereocenters. The van der Waals surface area contributed by atoms with Gasteiger partial charge in [-0.1, -0.05) is 0 Å². The highest BCUT2D eigenvalue weighted by Crippen LogP contribution is 2.75. The van der Waals surface area contributed by atoms with Gasteiger partial charge < -0.3 is 10.4 Å². The van der Waals surface area contributed by atoms with Crippen LogP contribution in [0.25, 0.3) is 0 Å². The average Bonchev–Trinajstić information content (AvgIpc) is 3.07. The summed E-state index contributed by atoms with van der Waals surface area (Å²) in [6, 6.07) is 3.61. The molecule has 3 saturated carbocycles. The van der Waals surface area contributed by atoms with Crippen molar-refractivity contribution in [3.63, 3.8) is 0 Å². The summed E-state index contributed by atoms with van der Waals surface area (Å²) in [7, 11) is 0. The molecule has 1 aromatic rings. The quantitative estimate of drug-likeness (QED) is 0.808. The van der Waals surface area contributed by atoms with Crippen LogP contribution in [0.2, 0.25) is 0 Å². The fourth-order valence-electron chi connectivity index (χ4n) is 5.05. The number of carbonyl (C=O) groups is 2. The molecule has 0 aliphatic heterocycles. The van der Waals surface area contributed by atoms with Crippen molar-refractivity contribution in [3.8, 4) is 0 Å². The molecule has 0 radical (unpaired) electrons. The van der Waals surface area contributed by atoms with Crippen molar-refractivity contribution in [2.45, 2.75) is 25.7 Å². The maximum atomic E-state index is 12.6. The van der Waals surface area contributed by atoms with E-state index in [0.29, 0.717) is 11.6 Å². The third-order valence-corrected chi connectivity index (χ3v) is 6.45. The monoisotopic (exact) mass is 364 g/mol. The normalized spacial score (nSPS) is 38.2. The second-order valence-electron chi connectivity index (χ2n) is 6.79. The molecule has 6 heteroatoms. The van der Waals surface area contributed by atoms with Crippen LogP contribution >= 0.6 is 15.9 Å². The highest BCUT2D eigenvalue weighted by Gasteiger charge is 2.73. The molecule has 3 aliphatic carbocycles. The van der Waals surface area contributed by atoms with Crippen LogP contribution in [0.4, 0.5) is 5.69 Å². The summed E-state index contributed by atoms with van der Waals surface area (Å²) in [5.74, 6) is -0.287. The summed E-state index contributed by atoms with van der Waals surface area (Å²) < 4.78 is 0.728. The molecule has 2 bridgehead atoms. The summed E-state index contributed by atoms with van der Waals surface area (Å²) in [4.78, 5) is 28.0. The Morgan fingerprint density at radius 1 is 1.36 bits per heavy atom. The number of anilines is 1. The molecule has 22 heavy (non-hydrogen) atoms. The summed E-state index contributed by atoms with van der Waals surface area (Å²) >= 11 is 3.27.